The number of carboxylic acid groups (broad SMARTS) is 1. The number of ether oxygens (including phenoxy) is 2. The Morgan fingerprint density at radius 2 is 2.06 bits per heavy atom. The highest BCUT2D eigenvalue weighted by Crippen LogP contribution is 2.28. The summed E-state index contributed by atoms with van der Waals surface area (Å²) in [5.74, 6) is 0.379. The predicted octanol–water partition coefficient (Wildman–Crippen LogP) is 1.82. The van der Waals surface area contributed by atoms with Gasteiger partial charge in [0.25, 0.3) is 0 Å². The van der Waals surface area contributed by atoms with E-state index >= 15 is 0 Å². The molecule has 100 valence electrons. The average Bonchev–Trinajstić information content (AvgIpc) is 2.38. The van der Waals surface area contributed by atoms with Gasteiger partial charge in [-0.25, -0.2) is 0 Å². The molecule has 0 fully saturated rings. The number of hydrogen-bond donors (Lipinski definition) is 2. The van der Waals surface area contributed by atoms with Crippen LogP contribution in [0.2, 0.25) is 0 Å². The molecule has 0 aliphatic heterocycles. The van der Waals surface area contributed by atoms with Gasteiger partial charge in [-0.1, -0.05) is 6.07 Å². The summed E-state index contributed by atoms with van der Waals surface area (Å²) in [6, 6.07) is 5.21. The molecule has 0 aromatic heterocycles. The molecule has 1 rings (SSSR count). The van der Waals surface area contributed by atoms with E-state index in [-0.39, 0.29) is 13.0 Å². The number of carbonyl (C=O) groups is 1. The van der Waals surface area contributed by atoms with Gasteiger partial charge in [-0.3, -0.25) is 4.79 Å². The van der Waals surface area contributed by atoms with Crippen molar-refractivity contribution in [2.45, 2.75) is 25.9 Å². The first-order valence-electron chi connectivity index (χ1n) is 5.79. The number of carboxylic acids is 1. The molecule has 2 N–H and O–H groups in total. The molecule has 1 aromatic carbocycles. The van der Waals surface area contributed by atoms with Crippen molar-refractivity contribution >= 4 is 5.97 Å². The first kappa shape index (κ1) is 14.3. The molecule has 0 saturated carbocycles. The van der Waals surface area contributed by atoms with Gasteiger partial charge in [0.2, 0.25) is 0 Å². The molecule has 18 heavy (non-hydrogen) atoms. The van der Waals surface area contributed by atoms with E-state index in [9.17, 15) is 4.79 Å². The van der Waals surface area contributed by atoms with Crippen LogP contribution in [-0.2, 0) is 11.4 Å². The van der Waals surface area contributed by atoms with Crippen molar-refractivity contribution in [3.05, 3.63) is 23.8 Å². The van der Waals surface area contributed by atoms with E-state index in [1.807, 2.05) is 0 Å². The van der Waals surface area contributed by atoms with E-state index in [1.54, 1.807) is 18.2 Å². The van der Waals surface area contributed by atoms with E-state index in [4.69, 9.17) is 19.7 Å². The summed E-state index contributed by atoms with van der Waals surface area (Å²) < 4.78 is 10.7. The van der Waals surface area contributed by atoms with Crippen LogP contribution < -0.4 is 9.47 Å². The van der Waals surface area contributed by atoms with E-state index in [0.717, 1.165) is 5.56 Å². The van der Waals surface area contributed by atoms with Gasteiger partial charge in [-0.2, -0.15) is 0 Å². The van der Waals surface area contributed by atoms with Gasteiger partial charge in [0.05, 0.1) is 20.3 Å². The smallest absolute Gasteiger partial charge is 0.303 e. The summed E-state index contributed by atoms with van der Waals surface area (Å²) in [6.07, 6.45) is 1.42. The summed E-state index contributed by atoms with van der Waals surface area (Å²) in [5.41, 5.74) is 0.755. The maximum absolute atomic E-state index is 10.3. The molecule has 0 radical (unpaired) electrons. The van der Waals surface area contributed by atoms with Gasteiger partial charge >= 0.3 is 5.97 Å². The Hall–Kier alpha value is -1.75. The largest absolute Gasteiger partial charge is 0.493 e. The molecule has 0 amide bonds. The van der Waals surface area contributed by atoms with Gasteiger partial charge in [0.1, 0.15) is 0 Å². The number of unbranched alkanes of at least 4 members (excludes halogenated alkanes) is 1. The van der Waals surface area contributed by atoms with Crippen LogP contribution in [0.1, 0.15) is 24.8 Å². The number of hydrogen-bond acceptors (Lipinski definition) is 4. The van der Waals surface area contributed by atoms with E-state index < -0.39 is 5.97 Å². The molecule has 1 aromatic rings. The second-order valence-electron chi connectivity index (χ2n) is 3.84. The Kier molecular flexibility index (Phi) is 6.00. The topological polar surface area (TPSA) is 76.0 Å². The van der Waals surface area contributed by atoms with Crippen LogP contribution >= 0.6 is 0 Å². The third kappa shape index (κ3) is 4.63. The molecule has 0 aliphatic rings. The molecule has 0 atom stereocenters. The van der Waals surface area contributed by atoms with Gasteiger partial charge in [0, 0.05) is 6.42 Å². The fourth-order valence-corrected chi connectivity index (χ4v) is 1.49. The van der Waals surface area contributed by atoms with Crippen LogP contribution in [0.25, 0.3) is 0 Å². The fraction of sp³-hybridized carbons (Fsp3) is 0.462. The van der Waals surface area contributed by atoms with Crippen LogP contribution in [0.15, 0.2) is 18.2 Å². The Balaban J connectivity index is 2.44. The van der Waals surface area contributed by atoms with Gasteiger partial charge in [-0.15, -0.1) is 0 Å². The van der Waals surface area contributed by atoms with E-state index in [0.29, 0.717) is 30.9 Å². The van der Waals surface area contributed by atoms with Gasteiger partial charge < -0.3 is 19.7 Å². The number of aliphatic hydroxyl groups excluding tert-OH is 1. The maximum Gasteiger partial charge on any atom is 0.303 e. The molecule has 0 aliphatic carbocycles. The third-order valence-corrected chi connectivity index (χ3v) is 2.45. The van der Waals surface area contributed by atoms with Crippen molar-refractivity contribution in [3.63, 3.8) is 0 Å². The standard InChI is InChI=1S/C13H18O5/c1-17-12-8-10(9-14)5-6-11(12)18-7-3-2-4-13(15)16/h5-6,8,14H,2-4,7,9H2,1H3,(H,15,16). The molecule has 0 saturated heterocycles. The SMILES string of the molecule is COc1cc(CO)ccc1OCCCCC(=O)O. The third-order valence-electron chi connectivity index (χ3n) is 2.45. The van der Waals surface area contributed by atoms with Gasteiger partial charge in [0.15, 0.2) is 11.5 Å². The monoisotopic (exact) mass is 254 g/mol. The fourth-order valence-electron chi connectivity index (χ4n) is 1.49. The second-order valence-corrected chi connectivity index (χ2v) is 3.84. The van der Waals surface area contributed by atoms with Crippen LogP contribution in [0.3, 0.4) is 0 Å². The Morgan fingerprint density at radius 1 is 1.28 bits per heavy atom. The minimum absolute atomic E-state index is 0.0464. The molecule has 0 spiro atoms. The zero-order chi connectivity index (χ0) is 13.4. The molecule has 0 unspecified atom stereocenters. The van der Waals surface area contributed by atoms with E-state index in [2.05, 4.69) is 0 Å². The molecule has 0 heterocycles. The average molecular weight is 254 g/mol. The lowest BCUT2D eigenvalue weighted by Crippen LogP contribution is -2.02. The van der Waals surface area contributed by atoms with Crippen molar-refractivity contribution in [3.8, 4) is 11.5 Å². The number of aliphatic carboxylic acids is 1. The zero-order valence-corrected chi connectivity index (χ0v) is 10.4. The Morgan fingerprint density at radius 3 is 2.67 bits per heavy atom. The zero-order valence-electron chi connectivity index (χ0n) is 10.4. The van der Waals surface area contributed by atoms with E-state index in [1.165, 1.54) is 7.11 Å². The lowest BCUT2D eigenvalue weighted by Gasteiger charge is -2.11. The minimum atomic E-state index is -0.792. The normalized spacial score (nSPS) is 10.1. The van der Waals surface area contributed by atoms with Gasteiger partial charge in [-0.05, 0) is 30.5 Å². The van der Waals surface area contributed by atoms with Crippen LogP contribution in [0, 0.1) is 0 Å². The highest BCUT2D eigenvalue weighted by molar-refractivity contribution is 5.66. The van der Waals surface area contributed by atoms with Crippen molar-refractivity contribution in [1.29, 1.82) is 0 Å². The minimum Gasteiger partial charge on any atom is -0.493 e. The second kappa shape index (κ2) is 7.55. The lowest BCUT2D eigenvalue weighted by molar-refractivity contribution is -0.137. The first-order valence-corrected chi connectivity index (χ1v) is 5.79. The van der Waals surface area contributed by atoms with Crippen molar-refractivity contribution in [1.82, 2.24) is 0 Å². The molecular weight excluding hydrogens is 236 g/mol. The number of benzene rings is 1. The predicted molar refractivity (Wildman–Crippen MR) is 65.9 cm³/mol. The summed E-state index contributed by atoms with van der Waals surface area (Å²) in [4.78, 5) is 10.3. The molecule has 5 heteroatoms. The summed E-state index contributed by atoms with van der Waals surface area (Å²) in [5, 5.41) is 17.5. The highest BCUT2D eigenvalue weighted by atomic mass is 16.5. The quantitative estimate of drug-likeness (QED) is 0.692. The summed E-state index contributed by atoms with van der Waals surface area (Å²) >= 11 is 0. The lowest BCUT2D eigenvalue weighted by atomic mass is 10.2. The Bertz CT molecular complexity index is 389. The van der Waals surface area contributed by atoms with Crippen molar-refractivity contribution in [2.75, 3.05) is 13.7 Å². The summed E-state index contributed by atoms with van der Waals surface area (Å²) in [6.45, 7) is 0.400. The number of methoxy groups -OCH3 is 1. The van der Waals surface area contributed by atoms with Crippen molar-refractivity contribution < 1.29 is 24.5 Å². The maximum atomic E-state index is 10.3. The number of rotatable bonds is 8. The molecule has 5 nitrogen and oxygen atoms in total. The Labute approximate surface area is 106 Å². The van der Waals surface area contributed by atoms with Crippen LogP contribution in [0.5, 0.6) is 11.5 Å². The van der Waals surface area contributed by atoms with Crippen LogP contribution in [-0.4, -0.2) is 29.9 Å². The number of aliphatic hydroxyl groups is 1. The van der Waals surface area contributed by atoms with Crippen molar-refractivity contribution in [2.24, 2.45) is 0 Å². The summed E-state index contributed by atoms with van der Waals surface area (Å²) in [7, 11) is 1.54. The molecular formula is C13H18O5. The highest BCUT2D eigenvalue weighted by Gasteiger charge is 2.05. The molecule has 0 bridgehead atoms. The first-order chi connectivity index (χ1) is 8.67. The van der Waals surface area contributed by atoms with Crippen LogP contribution in [0.4, 0.5) is 0 Å².